The maximum Gasteiger partial charge on any atom is 0.290 e. The van der Waals surface area contributed by atoms with Gasteiger partial charge in [-0.25, -0.2) is 0 Å². The zero-order valence-corrected chi connectivity index (χ0v) is 21.1. The quantitative estimate of drug-likeness (QED) is 0.370. The fourth-order valence-electron chi connectivity index (χ4n) is 4.53. The van der Waals surface area contributed by atoms with Crippen molar-refractivity contribution in [2.45, 2.75) is 32.7 Å². The second-order valence-electron chi connectivity index (χ2n) is 8.97. The number of unbranched alkanes of at least 4 members (excludes halogenated alkanes) is 1. The number of morpholine rings is 1. The molecule has 1 atom stereocenters. The Bertz CT molecular complexity index is 1120. The molecule has 36 heavy (non-hydrogen) atoms. The highest BCUT2D eigenvalue weighted by atomic mass is 16.5. The number of aliphatic hydroxyl groups is 1. The van der Waals surface area contributed by atoms with Gasteiger partial charge < -0.3 is 28.6 Å². The number of carbonyl (C=O) groups is 2. The highest BCUT2D eigenvalue weighted by molar-refractivity contribution is 6.15. The summed E-state index contributed by atoms with van der Waals surface area (Å²) in [6, 6.07) is 7.79. The minimum atomic E-state index is -0.796. The lowest BCUT2D eigenvalue weighted by atomic mass is 9.94. The van der Waals surface area contributed by atoms with Crippen LogP contribution in [0.25, 0.3) is 0 Å². The summed E-state index contributed by atoms with van der Waals surface area (Å²) in [6.07, 6.45) is 1.92. The van der Waals surface area contributed by atoms with Gasteiger partial charge in [-0.1, -0.05) is 19.4 Å². The third-order valence-corrected chi connectivity index (χ3v) is 6.53. The Kier molecular flexibility index (Phi) is 8.32. The molecule has 0 saturated carbocycles. The van der Waals surface area contributed by atoms with Gasteiger partial charge in [0.25, 0.3) is 5.91 Å². The second kappa shape index (κ2) is 11.6. The summed E-state index contributed by atoms with van der Waals surface area (Å²) in [5.74, 6) is 0.0744. The molecule has 0 spiro atoms. The van der Waals surface area contributed by atoms with E-state index in [0.717, 1.165) is 25.9 Å². The molecule has 2 aliphatic heterocycles. The summed E-state index contributed by atoms with van der Waals surface area (Å²) < 4.78 is 22.4. The number of methoxy groups -OCH3 is 1. The molecule has 9 nitrogen and oxygen atoms in total. The van der Waals surface area contributed by atoms with Crippen molar-refractivity contribution in [1.29, 1.82) is 0 Å². The zero-order chi connectivity index (χ0) is 25.7. The SMILES string of the molecule is CCCCOc1ccc(C2C(C(=O)c3ccc(C)o3)=C(O)C(=O)N2CCN2CCOCC2)cc1OC. The number of aliphatic hydroxyl groups excluding tert-OH is 1. The minimum Gasteiger partial charge on any atom is -0.503 e. The van der Waals surface area contributed by atoms with Crippen LogP contribution in [0.4, 0.5) is 0 Å². The number of carbonyl (C=O) groups excluding carboxylic acids is 2. The van der Waals surface area contributed by atoms with Crippen LogP contribution in [-0.4, -0.2) is 79.7 Å². The van der Waals surface area contributed by atoms with E-state index in [4.69, 9.17) is 18.6 Å². The molecule has 0 bridgehead atoms. The van der Waals surface area contributed by atoms with Crippen molar-refractivity contribution in [3.63, 3.8) is 0 Å². The number of rotatable bonds is 11. The van der Waals surface area contributed by atoms with Gasteiger partial charge in [-0.3, -0.25) is 14.5 Å². The highest BCUT2D eigenvalue weighted by Crippen LogP contribution is 2.41. The summed E-state index contributed by atoms with van der Waals surface area (Å²) in [7, 11) is 1.55. The van der Waals surface area contributed by atoms with Crippen LogP contribution < -0.4 is 9.47 Å². The Morgan fingerprint density at radius 2 is 1.92 bits per heavy atom. The Morgan fingerprint density at radius 3 is 2.58 bits per heavy atom. The molecule has 0 radical (unpaired) electrons. The number of Topliss-reactive ketones (excluding diaryl/α,β-unsaturated/α-hetero) is 1. The van der Waals surface area contributed by atoms with Crippen molar-refractivity contribution in [3.05, 3.63) is 58.7 Å². The summed E-state index contributed by atoms with van der Waals surface area (Å²) in [4.78, 5) is 30.5. The van der Waals surface area contributed by atoms with Gasteiger partial charge in [-0.05, 0) is 43.2 Å². The molecular formula is C27H34N2O7. The molecule has 9 heteroatoms. The number of hydrogen-bond donors (Lipinski definition) is 1. The summed E-state index contributed by atoms with van der Waals surface area (Å²) >= 11 is 0. The maximum atomic E-state index is 13.5. The Hall–Kier alpha value is -3.30. The van der Waals surface area contributed by atoms with E-state index < -0.39 is 23.5 Å². The van der Waals surface area contributed by atoms with Crippen molar-refractivity contribution in [1.82, 2.24) is 9.80 Å². The van der Waals surface area contributed by atoms with Crippen LogP contribution >= 0.6 is 0 Å². The first-order chi connectivity index (χ1) is 17.4. The summed E-state index contributed by atoms with van der Waals surface area (Å²) in [5.41, 5.74) is 0.638. The zero-order valence-electron chi connectivity index (χ0n) is 21.1. The molecule has 1 saturated heterocycles. The first-order valence-electron chi connectivity index (χ1n) is 12.4. The number of hydrogen-bond acceptors (Lipinski definition) is 8. The Morgan fingerprint density at radius 1 is 1.14 bits per heavy atom. The van der Waals surface area contributed by atoms with Gasteiger partial charge in [-0.2, -0.15) is 0 Å². The van der Waals surface area contributed by atoms with E-state index in [0.29, 0.717) is 55.7 Å². The number of benzene rings is 1. The minimum absolute atomic E-state index is 0.00182. The summed E-state index contributed by atoms with van der Waals surface area (Å²) in [5, 5.41) is 10.9. The molecule has 3 heterocycles. The lowest BCUT2D eigenvalue weighted by Gasteiger charge is -2.31. The fraction of sp³-hybridized carbons (Fsp3) is 0.481. The number of ether oxygens (including phenoxy) is 3. The maximum absolute atomic E-state index is 13.5. The number of aryl methyl sites for hydroxylation is 1. The van der Waals surface area contributed by atoms with E-state index in [-0.39, 0.29) is 11.3 Å². The van der Waals surface area contributed by atoms with Crippen LogP contribution in [0.2, 0.25) is 0 Å². The topological polar surface area (TPSA) is 102 Å². The van der Waals surface area contributed by atoms with Crippen LogP contribution in [0.1, 0.15) is 47.7 Å². The first-order valence-corrected chi connectivity index (χ1v) is 12.4. The number of amides is 1. The van der Waals surface area contributed by atoms with Crippen LogP contribution in [-0.2, 0) is 9.53 Å². The van der Waals surface area contributed by atoms with Gasteiger partial charge in [0.05, 0.1) is 38.5 Å². The standard InChI is InChI=1S/C27H34N2O7/c1-4-5-14-35-20-9-7-19(17-22(20)33-3)24-23(25(30)21-8-6-18(2)36-21)26(31)27(32)29(24)11-10-28-12-15-34-16-13-28/h6-9,17,24,31H,4-5,10-16H2,1-3H3. The first kappa shape index (κ1) is 25.8. The van der Waals surface area contributed by atoms with E-state index in [1.165, 1.54) is 0 Å². The number of ketones is 1. The van der Waals surface area contributed by atoms with Crippen LogP contribution in [0.15, 0.2) is 46.1 Å². The molecule has 1 unspecified atom stereocenters. The van der Waals surface area contributed by atoms with E-state index in [1.807, 2.05) is 6.07 Å². The molecule has 1 aromatic carbocycles. The molecule has 1 aromatic heterocycles. The lowest BCUT2D eigenvalue weighted by Crippen LogP contribution is -2.43. The van der Waals surface area contributed by atoms with Gasteiger partial charge >= 0.3 is 0 Å². The average molecular weight is 499 g/mol. The molecule has 1 fully saturated rings. The molecule has 1 N–H and O–H groups in total. The monoisotopic (exact) mass is 498 g/mol. The smallest absolute Gasteiger partial charge is 0.290 e. The van der Waals surface area contributed by atoms with Gasteiger partial charge in [0.2, 0.25) is 5.78 Å². The van der Waals surface area contributed by atoms with Crippen LogP contribution in [0.3, 0.4) is 0 Å². The van der Waals surface area contributed by atoms with Gasteiger partial charge in [0, 0.05) is 26.2 Å². The molecule has 194 valence electrons. The Labute approximate surface area is 211 Å². The third kappa shape index (κ3) is 5.42. The third-order valence-electron chi connectivity index (χ3n) is 6.53. The van der Waals surface area contributed by atoms with Crippen molar-refractivity contribution in [2.24, 2.45) is 0 Å². The van der Waals surface area contributed by atoms with E-state index >= 15 is 0 Å². The predicted octanol–water partition coefficient (Wildman–Crippen LogP) is 3.69. The molecule has 1 amide bonds. The van der Waals surface area contributed by atoms with Crippen molar-refractivity contribution in [2.75, 3.05) is 53.1 Å². The number of nitrogens with zero attached hydrogens (tertiary/aromatic N) is 2. The van der Waals surface area contributed by atoms with Crippen molar-refractivity contribution < 1.29 is 33.3 Å². The highest BCUT2D eigenvalue weighted by Gasteiger charge is 2.44. The van der Waals surface area contributed by atoms with E-state index in [2.05, 4.69) is 11.8 Å². The average Bonchev–Trinajstić information content (AvgIpc) is 3.44. The summed E-state index contributed by atoms with van der Waals surface area (Å²) in [6.45, 7) is 8.11. The molecule has 0 aliphatic carbocycles. The van der Waals surface area contributed by atoms with Crippen LogP contribution in [0.5, 0.6) is 11.5 Å². The molecular weight excluding hydrogens is 464 g/mol. The largest absolute Gasteiger partial charge is 0.503 e. The molecule has 2 aliphatic rings. The van der Waals surface area contributed by atoms with Gasteiger partial charge in [0.15, 0.2) is 23.0 Å². The Balaban J connectivity index is 1.68. The van der Waals surface area contributed by atoms with Crippen molar-refractivity contribution in [3.8, 4) is 11.5 Å². The fourth-order valence-corrected chi connectivity index (χ4v) is 4.53. The van der Waals surface area contributed by atoms with Crippen molar-refractivity contribution >= 4 is 11.7 Å². The van der Waals surface area contributed by atoms with Gasteiger partial charge in [0.1, 0.15) is 5.76 Å². The predicted molar refractivity (Wildman–Crippen MR) is 133 cm³/mol. The van der Waals surface area contributed by atoms with E-state index in [1.54, 1.807) is 43.2 Å². The lowest BCUT2D eigenvalue weighted by molar-refractivity contribution is -0.129. The molecule has 4 rings (SSSR count). The number of furan rings is 1. The normalized spacial score (nSPS) is 18.7. The van der Waals surface area contributed by atoms with Gasteiger partial charge in [-0.15, -0.1) is 0 Å². The molecule has 2 aromatic rings. The van der Waals surface area contributed by atoms with Crippen LogP contribution in [0, 0.1) is 6.92 Å². The van der Waals surface area contributed by atoms with E-state index in [9.17, 15) is 14.7 Å². The second-order valence-corrected chi connectivity index (χ2v) is 8.97.